The molecule has 87 heavy (non-hydrogen) atoms. The summed E-state index contributed by atoms with van der Waals surface area (Å²) in [4.78, 5) is 0. The lowest BCUT2D eigenvalue weighted by Gasteiger charge is -2.34. The van der Waals surface area contributed by atoms with Crippen LogP contribution in [0, 0.1) is 0 Å². The first-order chi connectivity index (χ1) is 43.1. The number of rotatable bonds is 10. The molecule has 0 N–H and O–H groups in total. The molecular formula is C85H56N2. The Bertz CT molecular complexity index is 5220. The summed E-state index contributed by atoms with van der Waals surface area (Å²) in [7, 11) is 0. The van der Waals surface area contributed by atoms with Gasteiger partial charge in [-0.15, -0.1) is 0 Å². The molecule has 0 spiro atoms. The fourth-order valence-corrected chi connectivity index (χ4v) is 14.3. The van der Waals surface area contributed by atoms with E-state index in [0.29, 0.717) is 0 Å². The number of nitrogens with zero attached hydrogens (tertiary/aromatic N) is 2. The minimum absolute atomic E-state index is 0.518. The van der Waals surface area contributed by atoms with Crippen molar-refractivity contribution in [2.75, 3.05) is 0 Å². The van der Waals surface area contributed by atoms with Crippen LogP contribution in [0.5, 0.6) is 0 Å². The first kappa shape index (κ1) is 50.2. The zero-order valence-corrected chi connectivity index (χ0v) is 47.7. The lowest BCUT2D eigenvalue weighted by molar-refractivity contribution is 0.769. The maximum Gasteiger partial charge on any atom is 0.0713 e. The molecule has 0 radical (unpaired) electrons. The topological polar surface area (TPSA) is 9.86 Å². The van der Waals surface area contributed by atoms with Crippen molar-refractivity contribution < 1.29 is 0 Å². The van der Waals surface area contributed by atoms with Gasteiger partial charge in [-0.1, -0.05) is 273 Å². The van der Waals surface area contributed by atoms with E-state index in [1.54, 1.807) is 0 Å². The molecule has 2 heteroatoms. The molecule has 17 rings (SSSR count). The van der Waals surface area contributed by atoms with Crippen molar-refractivity contribution in [1.29, 1.82) is 0 Å². The van der Waals surface area contributed by atoms with E-state index >= 15 is 0 Å². The van der Waals surface area contributed by atoms with Crippen LogP contribution >= 0.6 is 0 Å². The van der Waals surface area contributed by atoms with Crippen molar-refractivity contribution in [2.45, 2.75) is 5.41 Å². The summed E-state index contributed by atoms with van der Waals surface area (Å²) in [6.07, 6.45) is 0. The SMILES string of the molecule is c1ccc(-c2ccc(-c3ccc(C4(c5cccc(-c6ccc(-c7ccc(-n8c9ccccc9c9cc(-c%10ccc%11c(c%10)c%10ccccc%10n%11-c%10ccc(-c%11ccccc%11)cc%10)ccc98)cc7)cc6)c5)c5ccccc5-c5ccccc54)cc3)cc2)cc1. The molecule has 1 aliphatic rings. The van der Waals surface area contributed by atoms with E-state index in [1.165, 1.54) is 144 Å². The quantitative estimate of drug-likeness (QED) is 0.129. The highest BCUT2D eigenvalue weighted by atomic mass is 15.0. The Hall–Kier alpha value is -11.3. The van der Waals surface area contributed by atoms with Crippen molar-refractivity contribution in [3.05, 3.63) is 362 Å². The Morgan fingerprint density at radius 2 is 0.494 bits per heavy atom. The summed E-state index contributed by atoms with van der Waals surface area (Å²) in [5.74, 6) is 0. The van der Waals surface area contributed by atoms with Gasteiger partial charge in [0.15, 0.2) is 0 Å². The van der Waals surface area contributed by atoms with Crippen LogP contribution < -0.4 is 0 Å². The fraction of sp³-hybridized carbons (Fsp3) is 0.0118. The first-order valence-electron chi connectivity index (χ1n) is 30.1. The summed E-state index contributed by atoms with van der Waals surface area (Å²) in [5, 5.41) is 4.96. The van der Waals surface area contributed by atoms with Crippen molar-refractivity contribution in [3.8, 4) is 89.3 Å². The molecular weight excluding hydrogens is 1050 g/mol. The number of para-hydroxylation sites is 2. The highest BCUT2D eigenvalue weighted by Crippen LogP contribution is 2.56. The first-order valence-corrected chi connectivity index (χ1v) is 30.1. The second-order valence-electron chi connectivity index (χ2n) is 23.1. The normalized spacial score (nSPS) is 12.5. The minimum atomic E-state index is -0.518. The molecule has 0 bridgehead atoms. The Labute approximate surface area is 506 Å². The molecule has 406 valence electrons. The molecule has 2 nitrogen and oxygen atoms in total. The molecule has 14 aromatic carbocycles. The van der Waals surface area contributed by atoms with Crippen LogP contribution in [-0.4, -0.2) is 9.13 Å². The molecule has 1 aliphatic carbocycles. The standard InChI is InChI=1S/C85H56N2/c1-3-16-57(17-4-1)59-30-32-60(33-31-59)62-38-46-69(47-39-62)85(79-26-11-7-22-73(79)74-23-8-12-27-80(74)85)70-21-15-20-66(54-70)65-36-34-61(35-37-65)64-42-50-72(51-43-64)87-82-29-14-10-25-76(82)78-56-68(45-53-84(78)87)67-44-52-83-77(55-67)75-24-9-13-28-81(75)86(83)71-48-40-63(41-49-71)58-18-5-2-6-19-58/h1-56H. The van der Waals surface area contributed by atoms with E-state index in [4.69, 9.17) is 0 Å². The molecule has 2 aromatic heterocycles. The summed E-state index contributed by atoms with van der Waals surface area (Å²) in [5.41, 5.74) is 28.6. The lowest BCUT2D eigenvalue weighted by atomic mass is 9.67. The number of hydrogen-bond donors (Lipinski definition) is 0. The number of benzene rings is 14. The zero-order valence-electron chi connectivity index (χ0n) is 47.7. The second-order valence-corrected chi connectivity index (χ2v) is 23.1. The molecule has 0 unspecified atom stereocenters. The monoisotopic (exact) mass is 1100 g/mol. The lowest BCUT2D eigenvalue weighted by Crippen LogP contribution is -2.28. The smallest absolute Gasteiger partial charge is 0.0713 e. The van der Waals surface area contributed by atoms with E-state index < -0.39 is 5.41 Å². The second kappa shape index (κ2) is 20.5. The molecule has 16 aromatic rings. The third-order valence-electron chi connectivity index (χ3n) is 18.5. The van der Waals surface area contributed by atoms with Gasteiger partial charge < -0.3 is 9.13 Å². The van der Waals surface area contributed by atoms with Gasteiger partial charge >= 0.3 is 0 Å². The van der Waals surface area contributed by atoms with Crippen LogP contribution in [0.25, 0.3) is 133 Å². The Balaban J connectivity index is 0.673. The van der Waals surface area contributed by atoms with Crippen molar-refractivity contribution >= 4 is 43.6 Å². The van der Waals surface area contributed by atoms with Crippen molar-refractivity contribution in [1.82, 2.24) is 9.13 Å². The van der Waals surface area contributed by atoms with Gasteiger partial charge in [0.05, 0.1) is 27.5 Å². The van der Waals surface area contributed by atoms with Gasteiger partial charge in [-0.2, -0.15) is 0 Å². The zero-order chi connectivity index (χ0) is 57.4. The van der Waals surface area contributed by atoms with E-state index in [9.17, 15) is 0 Å². The van der Waals surface area contributed by atoms with Crippen LogP contribution in [0.15, 0.2) is 340 Å². The third-order valence-corrected chi connectivity index (χ3v) is 18.5. The summed E-state index contributed by atoms with van der Waals surface area (Å²) in [6, 6.07) is 125. The van der Waals surface area contributed by atoms with E-state index in [-0.39, 0.29) is 0 Å². The largest absolute Gasteiger partial charge is 0.309 e. The van der Waals surface area contributed by atoms with Crippen LogP contribution in [0.1, 0.15) is 22.3 Å². The predicted molar refractivity (Wildman–Crippen MR) is 365 cm³/mol. The van der Waals surface area contributed by atoms with Crippen molar-refractivity contribution in [3.63, 3.8) is 0 Å². The predicted octanol–water partition coefficient (Wildman–Crippen LogP) is 22.2. The van der Waals surface area contributed by atoms with Gasteiger partial charge in [0.2, 0.25) is 0 Å². The van der Waals surface area contributed by atoms with Gasteiger partial charge in [0.25, 0.3) is 0 Å². The summed E-state index contributed by atoms with van der Waals surface area (Å²) < 4.78 is 4.82. The summed E-state index contributed by atoms with van der Waals surface area (Å²) in [6.45, 7) is 0. The van der Waals surface area contributed by atoms with Crippen LogP contribution in [0.4, 0.5) is 0 Å². The Kier molecular flexibility index (Phi) is 11.8. The average Bonchev–Trinajstić information content (AvgIpc) is 1.98. The number of hydrogen-bond acceptors (Lipinski definition) is 0. The molecule has 0 aliphatic heterocycles. The van der Waals surface area contributed by atoms with E-state index in [0.717, 1.165) is 11.4 Å². The van der Waals surface area contributed by atoms with Crippen molar-refractivity contribution in [2.24, 2.45) is 0 Å². The van der Waals surface area contributed by atoms with Gasteiger partial charge in [-0.05, 0) is 167 Å². The maximum absolute atomic E-state index is 2.43. The molecule has 2 heterocycles. The van der Waals surface area contributed by atoms with Gasteiger partial charge in [0, 0.05) is 32.9 Å². The highest BCUT2D eigenvalue weighted by Gasteiger charge is 2.46. The Morgan fingerprint density at radius 3 is 0.943 bits per heavy atom. The van der Waals surface area contributed by atoms with E-state index in [1.807, 2.05) is 0 Å². The van der Waals surface area contributed by atoms with Gasteiger partial charge in [0.1, 0.15) is 0 Å². The van der Waals surface area contributed by atoms with Crippen LogP contribution in [0.3, 0.4) is 0 Å². The fourth-order valence-electron chi connectivity index (χ4n) is 14.3. The van der Waals surface area contributed by atoms with Gasteiger partial charge in [-0.3, -0.25) is 0 Å². The molecule has 0 fully saturated rings. The molecule has 0 saturated carbocycles. The number of fused-ring (bicyclic) bond motifs is 9. The van der Waals surface area contributed by atoms with E-state index in [2.05, 4.69) is 349 Å². The Morgan fingerprint density at radius 1 is 0.184 bits per heavy atom. The van der Waals surface area contributed by atoms with Crippen LogP contribution in [0.2, 0.25) is 0 Å². The summed E-state index contributed by atoms with van der Waals surface area (Å²) >= 11 is 0. The van der Waals surface area contributed by atoms with Gasteiger partial charge in [-0.25, -0.2) is 0 Å². The third kappa shape index (κ3) is 8.25. The highest BCUT2D eigenvalue weighted by molar-refractivity contribution is 6.13. The molecule has 0 saturated heterocycles. The molecule has 0 atom stereocenters. The minimum Gasteiger partial charge on any atom is -0.309 e. The molecule has 0 amide bonds. The number of aromatic nitrogens is 2. The average molecular weight is 1110 g/mol. The van der Waals surface area contributed by atoms with Crippen LogP contribution in [-0.2, 0) is 5.41 Å². The maximum atomic E-state index is 2.43.